The molecular formula is C14H20FN. The molecule has 16 heavy (non-hydrogen) atoms. The molecule has 0 saturated carbocycles. The highest BCUT2D eigenvalue weighted by Gasteiger charge is 2.23. The lowest BCUT2D eigenvalue weighted by atomic mass is 9.90. The van der Waals surface area contributed by atoms with Crippen LogP contribution < -0.4 is 5.32 Å². The Morgan fingerprint density at radius 2 is 2.19 bits per heavy atom. The maximum Gasteiger partial charge on any atom is 0.128 e. The summed E-state index contributed by atoms with van der Waals surface area (Å²) >= 11 is 0. The van der Waals surface area contributed by atoms with E-state index in [-0.39, 0.29) is 5.92 Å². The van der Waals surface area contributed by atoms with Crippen LogP contribution in [0.2, 0.25) is 0 Å². The van der Waals surface area contributed by atoms with Gasteiger partial charge in [0.25, 0.3) is 0 Å². The van der Waals surface area contributed by atoms with E-state index < -0.39 is 6.17 Å². The normalized spacial score (nSPS) is 23.8. The van der Waals surface area contributed by atoms with Crippen LogP contribution in [0.5, 0.6) is 0 Å². The summed E-state index contributed by atoms with van der Waals surface area (Å²) in [6, 6.07) is 7.86. The standard InChI is InChI=1S/C14H20FN/c1-11-4-2-5-13(10-11)14(15)12-6-3-8-16-9-7-12/h2,4-5,10,12,14,16H,3,6-9H2,1H3. The molecule has 1 aliphatic rings. The van der Waals surface area contributed by atoms with Gasteiger partial charge in [0.1, 0.15) is 6.17 Å². The molecule has 0 amide bonds. The molecule has 0 aromatic heterocycles. The predicted octanol–water partition coefficient (Wildman–Crippen LogP) is 3.40. The summed E-state index contributed by atoms with van der Waals surface area (Å²) in [6.45, 7) is 4.01. The van der Waals surface area contributed by atoms with Gasteiger partial charge in [-0.3, -0.25) is 0 Å². The van der Waals surface area contributed by atoms with Gasteiger partial charge < -0.3 is 5.32 Å². The predicted molar refractivity (Wildman–Crippen MR) is 65.2 cm³/mol. The van der Waals surface area contributed by atoms with Crippen LogP contribution in [-0.2, 0) is 0 Å². The molecule has 2 heteroatoms. The van der Waals surface area contributed by atoms with Crippen molar-refractivity contribution in [3.8, 4) is 0 Å². The Morgan fingerprint density at radius 1 is 1.31 bits per heavy atom. The third-order valence-corrected chi connectivity index (χ3v) is 3.39. The van der Waals surface area contributed by atoms with Crippen LogP contribution >= 0.6 is 0 Å². The highest BCUT2D eigenvalue weighted by atomic mass is 19.1. The maximum atomic E-state index is 14.4. The van der Waals surface area contributed by atoms with Crippen molar-refractivity contribution in [1.29, 1.82) is 0 Å². The van der Waals surface area contributed by atoms with Gasteiger partial charge in [-0.2, -0.15) is 0 Å². The molecule has 2 rings (SSSR count). The highest BCUT2D eigenvalue weighted by Crippen LogP contribution is 2.32. The van der Waals surface area contributed by atoms with Gasteiger partial charge >= 0.3 is 0 Å². The van der Waals surface area contributed by atoms with Crippen LogP contribution in [0.25, 0.3) is 0 Å². The van der Waals surface area contributed by atoms with Gasteiger partial charge in [0, 0.05) is 0 Å². The van der Waals surface area contributed by atoms with E-state index in [0.717, 1.165) is 43.5 Å². The fraction of sp³-hybridized carbons (Fsp3) is 0.571. The van der Waals surface area contributed by atoms with E-state index in [9.17, 15) is 4.39 Å². The molecule has 1 saturated heterocycles. The van der Waals surface area contributed by atoms with Crippen molar-refractivity contribution in [2.75, 3.05) is 13.1 Å². The average Bonchev–Trinajstić information content (AvgIpc) is 2.56. The molecule has 1 nitrogen and oxygen atoms in total. The lowest BCUT2D eigenvalue weighted by Crippen LogP contribution is -2.15. The largest absolute Gasteiger partial charge is 0.317 e. The van der Waals surface area contributed by atoms with E-state index >= 15 is 0 Å². The minimum Gasteiger partial charge on any atom is -0.317 e. The lowest BCUT2D eigenvalue weighted by molar-refractivity contribution is 0.215. The van der Waals surface area contributed by atoms with Crippen LogP contribution in [-0.4, -0.2) is 13.1 Å². The van der Waals surface area contributed by atoms with Gasteiger partial charge in [-0.05, 0) is 50.8 Å². The van der Waals surface area contributed by atoms with Crippen LogP contribution in [0.15, 0.2) is 24.3 Å². The fourth-order valence-corrected chi connectivity index (χ4v) is 2.45. The van der Waals surface area contributed by atoms with E-state index in [4.69, 9.17) is 0 Å². The van der Waals surface area contributed by atoms with Crippen LogP contribution in [0, 0.1) is 12.8 Å². The van der Waals surface area contributed by atoms with E-state index in [1.807, 2.05) is 31.2 Å². The first-order valence-electron chi connectivity index (χ1n) is 6.19. The topological polar surface area (TPSA) is 12.0 Å². The van der Waals surface area contributed by atoms with E-state index in [0.29, 0.717) is 0 Å². The molecule has 0 radical (unpaired) electrons. The number of hydrogen-bond donors (Lipinski definition) is 1. The molecule has 1 aromatic carbocycles. The summed E-state index contributed by atoms with van der Waals surface area (Å²) in [7, 11) is 0. The number of rotatable bonds is 2. The van der Waals surface area contributed by atoms with Crippen molar-refractivity contribution >= 4 is 0 Å². The SMILES string of the molecule is Cc1cccc(C(F)C2CCCNCC2)c1. The quantitative estimate of drug-likeness (QED) is 0.807. The van der Waals surface area contributed by atoms with Gasteiger partial charge in [-0.1, -0.05) is 29.8 Å². The molecule has 88 valence electrons. The molecule has 2 atom stereocenters. The number of alkyl halides is 1. The first-order chi connectivity index (χ1) is 7.77. The van der Waals surface area contributed by atoms with Crippen LogP contribution in [0.1, 0.15) is 36.6 Å². The summed E-state index contributed by atoms with van der Waals surface area (Å²) in [6.07, 6.45) is 2.26. The van der Waals surface area contributed by atoms with Crippen molar-refractivity contribution in [3.05, 3.63) is 35.4 Å². The second-order valence-corrected chi connectivity index (χ2v) is 4.76. The minimum absolute atomic E-state index is 0.191. The maximum absolute atomic E-state index is 14.4. The molecule has 1 N–H and O–H groups in total. The van der Waals surface area contributed by atoms with E-state index in [1.165, 1.54) is 0 Å². The number of aryl methyl sites for hydroxylation is 1. The third-order valence-electron chi connectivity index (χ3n) is 3.39. The zero-order valence-electron chi connectivity index (χ0n) is 9.88. The van der Waals surface area contributed by atoms with E-state index in [2.05, 4.69) is 5.32 Å². The Hall–Kier alpha value is -0.890. The number of benzene rings is 1. The van der Waals surface area contributed by atoms with Crippen molar-refractivity contribution in [2.24, 2.45) is 5.92 Å². The molecular weight excluding hydrogens is 201 g/mol. The Balaban J connectivity index is 2.07. The van der Waals surface area contributed by atoms with Gasteiger partial charge in [0.05, 0.1) is 0 Å². The zero-order chi connectivity index (χ0) is 11.4. The smallest absolute Gasteiger partial charge is 0.128 e. The van der Waals surface area contributed by atoms with Gasteiger partial charge in [0.2, 0.25) is 0 Å². The monoisotopic (exact) mass is 221 g/mol. The van der Waals surface area contributed by atoms with Crippen LogP contribution in [0.4, 0.5) is 4.39 Å². The molecule has 0 spiro atoms. The summed E-state index contributed by atoms with van der Waals surface area (Å²) in [5.41, 5.74) is 2.00. The second kappa shape index (κ2) is 5.44. The number of hydrogen-bond acceptors (Lipinski definition) is 1. The van der Waals surface area contributed by atoms with Crippen molar-refractivity contribution in [2.45, 2.75) is 32.4 Å². The Labute approximate surface area is 97.1 Å². The van der Waals surface area contributed by atoms with Crippen molar-refractivity contribution in [3.63, 3.8) is 0 Å². The molecule has 1 heterocycles. The van der Waals surface area contributed by atoms with E-state index in [1.54, 1.807) is 0 Å². The molecule has 1 aromatic rings. The van der Waals surface area contributed by atoms with Gasteiger partial charge in [0.15, 0.2) is 0 Å². The second-order valence-electron chi connectivity index (χ2n) is 4.76. The van der Waals surface area contributed by atoms with Crippen molar-refractivity contribution in [1.82, 2.24) is 5.32 Å². The Morgan fingerprint density at radius 3 is 3.00 bits per heavy atom. The average molecular weight is 221 g/mol. The van der Waals surface area contributed by atoms with Gasteiger partial charge in [-0.15, -0.1) is 0 Å². The minimum atomic E-state index is -0.792. The van der Waals surface area contributed by atoms with Gasteiger partial charge in [-0.25, -0.2) is 4.39 Å². The Bertz CT molecular complexity index is 329. The lowest BCUT2D eigenvalue weighted by Gasteiger charge is -2.19. The number of halogens is 1. The highest BCUT2D eigenvalue weighted by molar-refractivity contribution is 5.24. The first kappa shape index (κ1) is 11.6. The molecule has 1 aliphatic heterocycles. The molecule has 1 fully saturated rings. The fourth-order valence-electron chi connectivity index (χ4n) is 2.45. The summed E-state index contributed by atoms with van der Waals surface area (Å²) in [5, 5.41) is 3.33. The molecule has 0 bridgehead atoms. The van der Waals surface area contributed by atoms with Crippen LogP contribution in [0.3, 0.4) is 0 Å². The van der Waals surface area contributed by atoms with Crippen molar-refractivity contribution < 1.29 is 4.39 Å². The molecule has 0 aliphatic carbocycles. The summed E-state index contributed by atoms with van der Waals surface area (Å²) in [5.74, 6) is 0.191. The zero-order valence-corrected chi connectivity index (χ0v) is 9.88. The Kier molecular flexibility index (Phi) is 3.94. The molecule has 2 unspecified atom stereocenters. The summed E-state index contributed by atoms with van der Waals surface area (Å²) in [4.78, 5) is 0. The number of nitrogens with one attached hydrogen (secondary N) is 1. The summed E-state index contributed by atoms with van der Waals surface area (Å²) < 4.78 is 14.4. The third kappa shape index (κ3) is 2.82. The first-order valence-corrected chi connectivity index (χ1v) is 6.19.